The number of aliphatic hydroxyl groups is 1. The highest BCUT2D eigenvalue weighted by molar-refractivity contribution is 9.10. The molecule has 0 spiro atoms. The third-order valence-electron chi connectivity index (χ3n) is 3.15. The van der Waals surface area contributed by atoms with Gasteiger partial charge in [0.05, 0.1) is 0 Å². The van der Waals surface area contributed by atoms with Crippen LogP contribution in [0.5, 0.6) is 0 Å². The van der Waals surface area contributed by atoms with Crippen LogP contribution in [-0.4, -0.2) is 29.5 Å². The number of nitrogens with zero attached hydrogens (tertiary/aromatic N) is 1. The number of carbonyl (C=O) groups excluding carboxylic acids is 1. The van der Waals surface area contributed by atoms with E-state index >= 15 is 0 Å². The van der Waals surface area contributed by atoms with Crippen LogP contribution in [0.2, 0.25) is 0 Å². The third-order valence-corrected chi connectivity index (χ3v) is 3.65. The summed E-state index contributed by atoms with van der Waals surface area (Å²) in [5.41, 5.74) is 0.299. The van der Waals surface area contributed by atoms with Crippen LogP contribution in [0.1, 0.15) is 17.5 Å². The molecule has 0 saturated carbocycles. The van der Waals surface area contributed by atoms with Crippen molar-refractivity contribution in [1.29, 1.82) is 0 Å². The topological polar surface area (TPSA) is 40.5 Å². The number of likely N-dealkylation sites (N-methyl/N-ethyl adjacent to an activating group) is 1. The highest BCUT2D eigenvalue weighted by atomic mass is 79.9. The molecule has 1 aliphatic rings. The van der Waals surface area contributed by atoms with Crippen LogP contribution in [0.3, 0.4) is 0 Å². The smallest absolute Gasteiger partial charge is 0.259 e. The maximum absolute atomic E-state index is 12.0. The summed E-state index contributed by atoms with van der Waals surface area (Å²) >= 11 is 3.37. The van der Waals surface area contributed by atoms with Crippen molar-refractivity contribution < 1.29 is 9.90 Å². The van der Waals surface area contributed by atoms with E-state index in [2.05, 4.69) is 15.9 Å². The quantitative estimate of drug-likeness (QED) is 0.854. The average Bonchev–Trinajstić information content (AvgIpc) is 2.51. The minimum Gasteiger partial charge on any atom is -0.375 e. The first kappa shape index (κ1) is 11.6. The highest BCUT2D eigenvalue weighted by Gasteiger charge is 2.45. The first-order chi connectivity index (χ1) is 7.45. The lowest BCUT2D eigenvalue weighted by Gasteiger charge is -2.23. The van der Waals surface area contributed by atoms with Gasteiger partial charge in [-0.3, -0.25) is 4.79 Å². The molecule has 86 valence electrons. The second-order valence-electron chi connectivity index (χ2n) is 4.30. The predicted molar refractivity (Wildman–Crippen MR) is 65.0 cm³/mol. The molecule has 1 fully saturated rings. The van der Waals surface area contributed by atoms with E-state index in [1.54, 1.807) is 11.9 Å². The third kappa shape index (κ3) is 1.66. The normalized spacial score (nSPS) is 25.2. The number of halogens is 1. The Bertz CT molecular complexity index is 447. The lowest BCUT2D eigenvalue weighted by molar-refractivity contribution is -0.143. The van der Waals surface area contributed by atoms with Gasteiger partial charge in [0.2, 0.25) is 0 Å². The molecule has 0 bridgehead atoms. The molecule has 1 heterocycles. The van der Waals surface area contributed by atoms with Gasteiger partial charge < -0.3 is 10.0 Å². The number of rotatable bonds is 1. The zero-order valence-corrected chi connectivity index (χ0v) is 10.9. The number of likely N-dealkylation sites (tertiary alicyclic amines) is 1. The SMILES string of the molecule is Cc1ccc(Br)cc1C1(O)CCN(C)C1=O. The monoisotopic (exact) mass is 283 g/mol. The van der Waals surface area contributed by atoms with Crippen molar-refractivity contribution in [3.8, 4) is 0 Å². The largest absolute Gasteiger partial charge is 0.375 e. The van der Waals surface area contributed by atoms with Gasteiger partial charge in [0.25, 0.3) is 5.91 Å². The van der Waals surface area contributed by atoms with Crippen LogP contribution in [0.4, 0.5) is 0 Å². The number of carbonyl (C=O) groups is 1. The summed E-state index contributed by atoms with van der Waals surface area (Å²) in [6.07, 6.45) is 0.458. The van der Waals surface area contributed by atoms with E-state index in [0.717, 1.165) is 10.0 Å². The van der Waals surface area contributed by atoms with Crippen LogP contribution in [0.15, 0.2) is 22.7 Å². The highest BCUT2D eigenvalue weighted by Crippen LogP contribution is 2.35. The Kier molecular flexibility index (Phi) is 2.80. The van der Waals surface area contributed by atoms with Crippen molar-refractivity contribution in [2.45, 2.75) is 18.9 Å². The van der Waals surface area contributed by atoms with Gasteiger partial charge >= 0.3 is 0 Å². The van der Waals surface area contributed by atoms with Gasteiger partial charge in [-0.1, -0.05) is 22.0 Å². The predicted octanol–water partition coefficient (Wildman–Crippen LogP) is 1.81. The Hall–Kier alpha value is -0.870. The molecule has 1 amide bonds. The zero-order chi connectivity index (χ0) is 11.9. The van der Waals surface area contributed by atoms with Crippen molar-refractivity contribution in [2.24, 2.45) is 0 Å². The minimum atomic E-state index is -1.34. The molecule has 0 aromatic heterocycles. The van der Waals surface area contributed by atoms with Gasteiger partial charge in [-0.25, -0.2) is 0 Å². The molecular formula is C12H14BrNO2. The summed E-state index contributed by atoms with van der Waals surface area (Å²) in [5.74, 6) is -0.214. The Labute approximate surface area is 103 Å². The van der Waals surface area contributed by atoms with Crippen molar-refractivity contribution in [3.63, 3.8) is 0 Å². The van der Waals surface area contributed by atoms with Crippen LogP contribution in [-0.2, 0) is 10.4 Å². The van der Waals surface area contributed by atoms with Crippen molar-refractivity contribution in [3.05, 3.63) is 33.8 Å². The van der Waals surface area contributed by atoms with Gasteiger partial charge in [-0.15, -0.1) is 0 Å². The molecule has 2 rings (SSSR count). The van der Waals surface area contributed by atoms with E-state index in [9.17, 15) is 9.90 Å². The second kappa shape index (κ2) is 3.86. The molecule has 1 atom stereocenters. The molecule has 0 aliphatic carbocycles. The second-order valence-corrected chi connectivity index (χ2v) is 5.21. The van der Waals surface area contributed by atoms with Crippen LogP contribution >= 0.6 is 15.9 Å². The molecule has 1 unspecified atom stereocenters. The lowest BCUT2D eigenvalue weighted by atomic mass is 9.89. The standard InChI is InChI=1S/C12H14BrNO2/c1-8-3-4-9(13)7-10(8)12(16)5-6-14(2)11(12)15/h3-4,7,16H,5-6H2,1-2H3. The van der Waals surface area contributed by atoms with Gasteiger partial charge in [-0.2, -0.15) is 0 Å². The number of amides is 1. The summed E-state index contributed by atoms with van der Waals surface area (Å²) in [6, 6.07) is 5.64. The fourth-order valence-electron chi connectivity index (χ4n) is 2.14. The van der Waals surface area contributed by atoms with Crippen molar-refractivity contribution >= 4 is 21.8 Å². The molecule has 1 saturated heterocycles. The fraction of sp³-hybridized carbons (Fsp3) is 0.417. The molecule has 1 N–H and O–H groups in total. The Morgan fingerprint density at radius 2 is 2.19 bits per heavy atom. The van der Waals surface area contributed by atoms with Crippen molar-refractivity contribution in [2.75, 3.05) is 13.6 Å². The molecule has 16 heavy (non-hydrogen) atoms. The number of benzene rings is 1. The molecule has 0 radical (unpaired) electrons. The summed E-state index contributed by atoms with van der Waals surface area (Å²) in [6.45, 7) is 2.51. The number of aryl methyl sites for hydroxylation is 1. The van der Waals surface area contributed by atoms with E-state index in [0.29, 0.717) is 18.5 Å². The van der Waals surface area contributed by atoms with Crippen LogP contribution in [0, 0.1) is 6.92 Å². The molecule has 1 aromatic carbocycles. The van der Waals surface area contributed by atoms with E-state index in [4.69, 9.17) is 0 Å². The summed E-state index contributed by atoms with van der Waals surface area (Å²) in [5, 5.41) is 10.5. The number of hydrogen-bond donors (Lipinski definition) is 1. The summed E-state index contributed by atoms with van der Waals surface area (Å²) in [7, 11) is 1.72. The minimum absolute atomic E-state index is 0.214. The van der Waals surface area contributed by atoms with Crippen molar-refractivity contribution in [1.82, 2.24) is 4.90 Å². The molecule has 1 aliphatic heterocycles. The Balaban J connectivity index is 2.51. The summed E-state index contributed by atoms with van der Waals surface area (Å²) in [4.78, 5) is 13.5. The lowest BCUT2D eigenvalue weighted by Crippen LogP contribution is -2.36. The Morgan fingerprint density at radius 3 is 2.75 bits per heavy atom. The van der Waals surface area contributed by atoms with Gasteiger partial charge in [0.1, 0.15) is 0 Å². The van der Waals surface area contributed by atoms with Gasteiger partial charge in [-0.05, 0) is 30.2 Å². The van der Waals surface area contributed by atoms with E-state index in [1.807, 2.05) is 25.1 Å². The zero-order valence-electron chi connectivity index (χ0n) is 9.33. The van der Waals surface area contributed by atoms with Crippen LogP contribution < -0.4 is 0 Å². The van der Waals surface area contributed by atoms with E-state index in [1.165, 1.54) is 0 Å². The molecular weight excluding hydrogens is 270 g/mol. The van der Waals surface area contributed by atoms with Crippen LogP contribution in [0.25, 0.3) is 0 Å². The molecule has 1 aromatic rings. The maximum Gasteiger partial charge on any atom is 0.259 e. The Morgan fingerprint density at radius 1 is 1.50 bits per heavy atom. The fourth-order valence-corrected chi connectivity index (χ4v) is 2.50. The van der Waals surface area contributed by atoms with E-state index in [-0.39, 0.29) is 5.91 Å². The first-order valence-electron chi connectivity index (χ1n) is 5.20. The first-order valence-corrected chi connectivity index (χ1v) is 5.99. The molecule has 4 heteroatoms. The van der Waals surface area contributed by atoms with Gasteiger partial charge in [0, 0.05) is 24.5 Å². The number of hydrogen-bond acceptors (Lipinski definition) is 2. The average molecular weight is 284 g/mol. The maximum atomic E-state index is 12.0. The summed E-state index contributed by atoms with van der Waals surface area (Å²) < 4.78 is 0.879. The van der Waals surface area contributed by atoms with Gasteiger partial charge in [0.15, 0.2) is 5.60 Å². The van der Waals surface area contributed by atoms with E-state index < -0.39 is 5.60 Å². The molecule has 3 nitrogen and oxygen atoms in total.